The fourth-order valence-electron chi connectivity index (χ4n) is 2.30. The Balaban J connectivity index is 1.81. The standard InChI is InChI=1S/C10H16F3NO/c11-10(12,13)7-2-1-3-8(4-7)14-9-5-15-6-9/h7-9,14H,1-6H2. The van der Waals surface area contributed by atoms with Crippen LogP contribution in [0.4, 0.5) is 13.2 Å². The fraction of sp³-hybridized carbons (Fsp3) is 1.00. The quantitative estimate of drug-likeness (QED) is 0.774. The van der Waals surface area contributed by atoms with Gasteiger partial charge in [0.15, 0.2) is 0 Å². The predicted octanol–water partition coefficient (Wildman–Crippen LogP) is 2.10. The molecule has 2 aliphatic rings. The van der Waals surface area contributed by atoms with Crippen LogP contribution >= 0.6 is 0 Å². The van der Waals surface area contributed by atoms with Gasteiger partial charge in [0.25, 0.3) is 0 Å². The minimum Gasteiger partial charge on any atom is -0.378 e. The van der Waals surface area contributed by atoms with Gasteiger partial charge in [-0.3, -0.25) is 0 Å². The van der Waals surface area contributed by atoms with Gasteiger partial charge in [0.2, 0.25) is 0 Å². The number of hydrogen-bond acceptors (Lipinski definition) is 2. The summed E-state index contributed by atoms with van der Waals surface area (Å²) in [6.07, 6.45) is -1.95. The van der Waals surface area contributed by atoms with Crippen LogP contribution in [0.5, 0.6) is 0 Å². The second-order valence-corrected chi connectivity index (χ2v) is 4.50. The number of alkyl halides is 3. The van der Waals surface area contributed by atoms with Gasteiger partial charge in [-0.05, 0) is 19.3 Å². The average Bonchev–Trinajstić information content (AvgIpc) is 2.11. The highest BCUT2D eigenvalue weighted by Crippen LogP contribution is 2.37. The van der Waals surface area contributed by atoms with E-state index < -0.39 is 12.1 Å². The monoisotopic (exact) mass is 223 g/mol. The first-order valence-electron chi connectivity index (χ1n) is 5.46. The number of ether oxygens (including phenoxy) is 1. The normalized spacial score (nSPS) is 33.8. The van der Waals surface area contributed by atoms with Gasteiger partial charge in [0, 0.05) is 6.04 Å². The molecular weight excluding hydrogens is 207 g/mol. The molecule has 1 saturated heterocycles. The van der Waals surface area contributed by atoms with Crippen molar-refractivity contribution in [1.82, 2.24) is 5.32 Å². The maximum atomic E-state index is 12.5. The van der Waals surface area contributed by atoms with Gasteiger partial charge in [-0.25, -0.2) is 0 Å². The predicted molar refractivity (Wildman–Crippen MR) is 49.5 cm³/mol. The highest BCUT2D eigenvalue weighted by atomic mass is 19.4. The Kier molecular flexibility index (Phi) is 3.21. The van der Waals surface area contributed by atoms with Gasteiger partial charge in [-0.1, -0.05) is 6.42 Å². The molecule has 1 aliphatic carbocycles. The summed E-state index contributed by atoms with van der Waals surface area (Å²) >= 11 is 0. The molecule has 0 amide bonds. The molecule has 0 aromatic carbocycles. The molecule has 2 rings (SSSR count). The maximum absolute atomic E-state index is 12.5. The van der Waals surface area contributed by atoms with Crippen molar-refractivity contribution < 1.29 is 17.9 Å². The highest BCUT2D eigenvalue weighted by Gasteiger charge is 2.42. The summed E-state index contributed by atoms with van der Waals surface area (Å²) in [4.78, 5) is 0. The molecule has 2 nitrogen and oxygen atoms in total. The third-order valence-corrected chi connectivity index (χ3v) is 3.25. The molecule has 1 aliphatic heterocycles. The zero-order valence-corrected chi connectivity index (χ0v) is 8.52. The molecule has 2 atom stereocenters. The zero-order chi connectivity index (χ0) is 10.9. The Morgan fingerprint density at radius 1 is 1.07 bits per heavy atom. The SMILES string of the molecule is FC(F)(F)C1CCCC(NC2COC2)C1. The van der Waals surface area contributed by atoms with Gasteiger partial charge in [-0.2, -0.15) is 13.2 Å². The van der Waals surface area contributed by atoms with Crippen molar-refractivity contribution in [2.75, 3.05) is 13.2 Å². The summed E-state index contributed by atoms with van der Waals surface area (Å²) < 4.78 is 42.5. The van der Waals surface area contributed by atoms with Gasteiger partial charge in [0.1, 0.15) is 0 Å². The summed E-state index contributed by atoms with van der Waals surface area (Å²) in [7, 11) is 0. The molecule has 1 N–H and O–H groups in total. The van der Waals surface area contributed by atoms with Crippen LogP contribution in [0, 0.1) is 5.92 Å². The molecule has 0 radical (unpaired) electrons. The van der Waals surface area contributed by atoms with Crippen LogP contribution in [-0.2, 0) is 4.74 Å². The van der Waals surface area contributed by atoms with E-state index in [2.05, 4.69) is 5.32 Å². The minimum atomic E-state index is -4.02. The Morgan fingerprint density at radius 3 is 2.33 bits per heavy atom. The zero-order valence-electron chi connectivity index (χ0n) is 8.52. The Labute approximate surface area is 87.2 Å². The molecule has 2 unspecified atom stereocenters. The molecule has 0 bridgehead atoms. The van der Waals surface area contributed by atoms with Gasteiger partial charge >= 0.3 is 6.18 Å². The van der Waals surface area contributed by atoms with Crippen molar-refractivity contribution in [3.63, 3.8) is 0 Å². The van der Waals surface area contributed by atoms with E-state index in [-0.39, 0.29) is 18.5 Å². The summed E-state index contributed by atoms with van der Waals surface area (Å²) in [5, 5.41) is 3.23. The first-order valence-corrected chi connectivity index (χ1v) is 5.46. The van der Waals surface area contributed by atoms with Gasteiger partial charge in [0.05, 0.1) is 25.2 Å². The largest absolute Gasteiger partial charge is 0.391 e. The molecule has 1 saturated carbocycles. The smallest absolute Gasteiger partial charge is 0.378 e. The van der Waals surface area contributed by atoms with E-state index in [1.54, 1.807) is 0 Å². The Morgan fingerprint density at radius 2 is 1.80 bits per heavy atom. The molecule has 5 heteroatoms. The molecule has 88 valence electrons. The molecule has 0 spiro atoms. The summed E-state index contributed by atoms with van der Waals surface area (Å²) in [5.41, 5.74) is 0. The third kappa shape index (κ3) is 2.84. The molecule has 2 fully saturated rings. The van der Waals surface area contributed by atoms with Crippen molar-refractivity contribution >= 4 is 0 Å². The van der Waals surface area contributed by atoms with E-state index in [4.69, 9.17) is 4.74 Å². The lowest BCUT2D eigenvalue weighted by Gasteiger charge is -2.36. The van der Waals surface area contributed by atoms with Crippen LogP contribution in [0.25, 0.3) is 0 Å². The van der Waals surface area contributed by atoms with Crippen molar-refractivity contribution in [1.29, 1.82) is 0 Å². The van der Waals surface area contributed by atoms with Crippen molar-refractivity contribution in [2.45, 2.75) is 43.9 Å². The third-order valence-electron chi connectivity index (χ3n) is 3.25. The van der Waals surface area contributed by atoms with E-state index >= 15 is 0 Å². The topological polar surface area (TPSA) is 21.3 Å². The van der Waals surface area contributed by atoms with E-state index in [9.17, 15) is 13.2 Å². The summed E-state index contributed by atoms with van der Waals surface area (Å²) in [5.74, 6) is -1.11. The van der Waals surface area contributed by atoms with Crippen molar-refractivity contribution in [2.24, 2.45) is 5.92 Å². The van der Waals surface area contributed by atoms with Crippen LogP contribution in [-0.4, -0.2) is 31.5 Å². The Hall–Kier alpha value is -0.290. The van der Waals surface area contributed by atoms with Gasteiger partial charge < -0.3 is 10.1 Å². The van der Waals surface area contributed by atoms with Gasteiger partial charge in [-0.15, -0.1) is 0 Å². The van der Waals surface area contributed by atoms with E-state index in [1.165, 1.54) is 0 Å². The average molecular weight is 223 g/mol. The number of rotatable bonds is 2. The van der Waals surface area contributed by atoms with E-state index in [0.29, 0.717) is 26.1 Å². The van der Waals surface area contributed by atoms with Crippen molar-refractivity contribution in [3.8, 4) is 0 Å². The lowest BCUT2D eigenvalue weighted by Crippen LogP contribution is -2.52. The number of nitrogens with one attached hydrogen (secondary N) is 1. The molecule has 0 aromatic rings. The minimum absolute atomic E-state index is 0.0271. The second kappa shape index (κ2) is 4.29. The van der Waals surface area contributed by atoms with Crippen LogP contribution < -0.4 is 5.32 Å². The molecule has 1 heterocycles. The van der Waals surface area contributed by atoms with Crippen molar-refractivity contribution in [3.05, 3.63) is 0 Å². The molecular formula is C10H16F3NO. The number of halogens is 3. The van der Waals surface area contributed by atoms with Crippen LogP contribution in [0.3, 0.4) is 0 Å². The lowest BCUT2D eigenvalue weighted by atomic mass is 9.85. The van der Waals surface area contributed by atoms with E-state index in [1.807, 2.05) is 0 Å². The second-order valence-electron chi connectivity index (χ2n) is 4.50. The fourth-order valence-corrected chi connectivity index (χ4v) is 2.30. The lowest BCUT2D eigenvalue weighted by molar-refractivity contribution is -0.184. The first kappa shape index (κ1) is 11.2. The van der Waals surface area contributed by atoms with E-state index in [0.717, 1.165) is 6.42 Å². The van der Waals surface area contributed by atoms with Crippen LogP contribution in [0.1, 0.15) is 25.7 Å². The number of hydrogen-bond donors (Lipinski definition) is 1. The van der Waals surface area contributed by atoms with Crippen LogP contribution in [0.15, 0.2) is 0 Å². The highest BCUT2D eigenvalue weighted by molar-refractivity contribution is 4.85. The Bertz CT molecular complexity index is 215. The summed E-state index contributed by atoms with van der Waals surface area (Å²) in [6.45, 7) is 1.29. The summed E-state index contributed by atoms with van der Waals surface area (Å²) in [6, 6.07) is 0.307. The molecule has 15 heavy (non-hydrogen) atoms. The first-order chi connectivity index (χ1) is 7.05. The molecule has 0 aromatic heterocycles. The maximum Gasteiger partial charge on any atom is 0.391 e. The van der Waals surface area contributed by atoms with Crippen LogP contribution in [0.2, 0.25) is 0 Å².